The molecule has 2 aliphatic carbocycles. The lowest BCUT2D eigenvalue weighted by atomic mass is 9.70. The average Bonchev–Trinajstić information content (AvgIpc) is 2.89. The summed E-state index contributed by atoms with van der Waals surface area (Å²) in [7, 11) is 1.37. The van der Waals surface area contributed by atoms with Gasteiger partial charge in [-0.15, -0.1) is 0 Å². The molecule has 1 aliphatic heterocycles. The summed E-state index contributed by atoms with van der Waals surface area (Å²) in [5.74, 6) is -0.553. The predicted octanol–water partition coefficient (Wildman–Crippen LogP) is 0.525. The summed E-state index contributed by atoms with van der Waals surface area (Å²) in [5, 5.41) is 0. The van der Waals surface area contributed by atoms with Gasteiger partial charge in [-0.1, -0.05) is 12.2 Å². The van der Waals surface area contributed by atoms with E-state index in [4.69, 9.17) is 9.47 Å². The lowest BCUT2D eigenvalue weighted by molar-refractivity contribution is -0.156. The highest BCUT2D eigenvalue weighted by Crippen LogP contribution is 2.59. The molecule has 1 saturated carbocycles. The van der Waals surface area contributed by atoms with Crippen molar-refractivity contribution in [1.29, 1.82) is 0 Å². The van der Waals surface area contributed by atoms with Gasteiger partial charge in [-0.05, 0) is 18.3 Å². The van der Waals surface area contributed by atoms with Gasteiger partial charge in [0, 0.05) is 0 Å². The molecule has 0 aromatic rings. The van der Waals surface area contributed by atoms with Gasteiger partial charge in [0.15, 0.2) is 0 Å². The van der Waals surface area contributed by atoms with E-state index in [2.05, 4.69) is 0 Å². The van der Waals surface area contributed by atoms with E-state index in [1.807, 2.05) is 12.2 Å². The molecule has 2 fully saturated rings. The van der Waals surface area contributed by atoms with Crippen LogP contribution in [0.4, 0.5) is 0 Å². The number of hydrogen-bond acceptors (Lipinski definition) is 4. The number of cyclic esters (lactones) is 1. The zero-order valence-corrected chi connectivity index (χ0v) is 8.43. The zero-order valence-electron chi connectivity index (χ0n) is 8.43. The van der Waals surface area contributed by atoms with Crippen LogP contribution in [0.5, 0.6) is 0 Å². The third-order valence-electron chi connectivity index (χ3n) is 4.03. The molecule has 80 valence electrons. The summed E-state index contributed by atoms with van der Waals surface area (Å²) < 4.78 is 9.88. The summed E-state index contributed by atoms with van der Waals surface area (Å²) in [6, 6.07) is 0. The second-order valence-corrected chi connectivity index (χ2v) is 4.51. The maximum Gasteiger partial charge on any atom is 0.316 e. The topological polar surface area (TPSA) is 52.6 Å². The van der Waals surface area contributed by atoms with Crippen molar-refractivity contribution in [1.82, 2.24) is 0 Å². The molecule has 4 heteroatoms. The fourth-order valence-corrected chi connectivity index (χ4v) is 3.36. The van der Waals surface area contributed by atoms with Gasteiger partial charge in [-0.3, -0.25) is 9.59 Å². The van der Waals surface area contributed by atoms with E-state index >= 15 is 0 Å². The van der Waals surface area contributed by atoms with E-state index in [0.717, 1.165) is 6.42 Å². The number of fused-ring (bicyclic) bond motifs is 5. The number of rotatable bonds is 1. The normalized spacial score (nSPS) is 45.4. The summed E-state index contributed by atoms with van der Waals surface area (Å²) >= 11 is 0. The van der Waals surface area contributed by atoms with Gasteiger partial charge < -0.3 is 9.47 Å². The molecule has 1 saturated heterocycles. The molecule has 3 rings (SSSR count). The Morgan fingerprint density at radius 2 is 2.40 bits per heavy atom. The monoisotopic (exact) mass is 208 g/mol. The Bertz CT molecular complexity index is 373. The molecule has 0 aromatic carbocycles. The second-order valence-electron chi connectivity index (χ2n) is 4.51. The fourth-order valence-electron chi connectivity index (χ4n) is 3.36. The van der Waals surface area contributed by atoms with Crippen LogP contribution < -0.4 is 0 Å². The molecule has 0 N–H and O–H groups in total. The highest BCUT2D eigenvalue weighted by Gasteiger charge is 2.68. The van der Waals surface area contributed by atoms with Crippen LogP contribution in [-0.4, -0.2) is 25.7 Å². The number of carbonyl (C=O) groups excluding carboxylic acids is 2. The molecule has 0 aromatic heterocycles. The number of ether oxygens (including phenoxy) is 2. The van der Waals surface area contributed by atoms with Crippen LogP contribution in [0, 0.1) is 23.2 Å². The number of methoxy groups -OCH3 is 1. The lowest BCUT2D eigenvalue weighted by Crippen LogP contribution is -2.43. The van der Waals surface area contributed by atoms with Crippen molar-refractivity contribution in [2.24, 2.45) is 23.2 Å². The van der Waals surface area contributed by atoms with Crippen molar-refractivity contribution >= 4 is 11.9 Å². The van der Waals surface area contributed by atoms with Crippen LogP contribution in [-0.2, 0) is 19.1 Å². The van der Waals surface area contributed by atoms with Gasteiger partial charge >= 0.3 is 11.9 Å². The number of hydrogen-bond donors (Lipinski definition) is 0. The second kappa shape index (κ2) is 2.62. The third kappa shape index (κ3) is 0.833. The number of carbonyl (C=O) groups is 2. The van der Waals surface area contributed by atoms with Gasteiger partial charge in [-0.2, -0.15) is 0 Å². The van der Waals surface area contributed by atoms with Crippen molar-refractivity contribution in [3.8, 4) is 0 Å². The Labute approximate surface area is 87.2 Å². The van der Waals surface area contributed by atoms with E-state index in [1.54, 1.807) is 0 Å². The van der Waals surface area contributed by atoms with E-state index in [9.17, 15) is 9.59 Å². The largest absolute Gasteiger partial charge is 0.468 e. The molecule has 2 bridgehead atoms. The van der Waals surface area contributed by atoms with E-state index in [0.29, 0.717) is 0 Å². The van der Waals surface area contributed by atoms with Crippen LogP contribution in [0.2, 0.25) is 0 Å². The summed E-state index contributed by atoms with van der Waals surface area (Å²) in [4.78, 5) is 23.5. The standard InChI is InChI=1S/C11H12O4/c1-14-10(13)11-5-15-9(12)8(11)6-2-3-7(11)4-6/h2-3,6-8H,4-5H2,1H3/t6-,7?,8+,11+/m0/s1. The summed E-state index contributed by atoms with van der Waals surface area (Å²) in [6.45, 7) is 0.189. The Hall–Kier alpha value is -1.32. The Morgan fingerprint density at radius 1 is 1.60 bits per heavy atom. The Morgan fingerprint density at radius 3 is 3.13 bits per heavy atom. The van der Waals surface area contributed by atoms with Crippen LogP contribution >= 0.6 is 0 Å². The van der Waals surface area contributed by atoms with E-state index in [-0.39, 0.29) is 36.3 Å². The molecule has 15 heavy (non-hydrogen) atoms. The molecule has 1 heterocycles. The highest BCUT2D eigenvalue weighted by atomic mass is 16.6. The predicted molar refractivity (Wildman–Crippen MR) is 49.6 cm³/mol. The molecule has 0 radical (unpaired) electrons. The molecule has 3 aliphatic rings. The quantitative estimate of drug-likeness (QED) is 0.466. The van der Waals surface area contributed by atoms with Crippen molar-refractivity contribution < 1.29 is 19.1 Å². The molecule has 4 atom stereocenters. The first-order chi connectivity index (χ1) is 7.20. The third-order valence-corrected chi connectivity index (χ3v) is 4.03. The van der Waals surface area contributed by atoms with Gasteiger partial charge in [0.25, 0.3) is 0 Å². The first-order valence-corrected chi connectivity index (χ1v) is 5.13. The average molecular weight is 208 g/mol. The van der Waals surface area contributed by atoms with Crippen molar-refractivity contribution in [2.45, 2.75) is 6.42 Å². The number of allylic oxidation sites excluding steroid dienone is 2. The lowest BCUT2D eigenvalue weighted by Gasteiger charge is -2.29. The molecule has 0 spiro atoms. The van der Waals surface area contributed by atoms with E-state index in [1.165, 1.54) is 7.11 Å². The highest BCUT2D eigenvalue weighted by molar-refractivity contribution is 5.90. The van der Waals surface area contributed by atoms with Crippen molar-refractivity contribution in [2.75, 3.05) is 13.7 Å². The smallest absolute Gasteiger partial charge is 0.316 e. The minimum absolute atomic E-state index is 0.117. The van der Waals surface area contributed by atoms with Crippen LogP contribution in [0.25, 0.3) is 0 Å². The Kier molecular flexibility index (Phi) is 1.56. The van der Waals surface area contributed by atoms with Crippen molar-refractivity contribution in [3.05, 3.63) is 12.2 Å². The maximum absolute atomic E-state index is 11.9. The first kappa shape index (κ1) is 8.95. The van der Waals surface area contributed by atoms with Gasteiger partial charge in [0.2, 0.25) is 0 Å². The molecular formula is C11H12O4. The van der Waals surface area contributed by atoms with Gasteiger partial charge in [0.05, 0.1) is 13.0 Å². The van der Waals surface area contributed by atoms with Gasteiger partial charge in [0.1, 0.15) is 12.0 Å². The summed E-state index contributed by atoms with van der Waals surface area (Å²) in [6.07, 6.45) is 4.94. The van der Waals surface area contributed by atoms with Crippen LogP contribution in [0.15, 0.2) is 12.2 Å². The molecule has 0 amide bonds. The minimum atomic E-state index is -0.717. The summed E-state index contributed by atoms with van der Waals surface area (Å²) in [5.41, 5.74) is -0.717. The molecular weight excluding hydrogens is 196 g/mol. The minimum Gasteiger partial charge on any atom is -0.468 e. The SMILES string of the molecule is COC(=O)[C@@]12COC(=O)[C@H]1[C@H]1C=CC2C1. The maximum atomic E-state index is 11.9. The van der Waals surface area contributed by atoms with E-state index < -0.39 is 5.41 Å². The molecule has 4 nitrogen and oxygen atoms in total. The fraction of sp³-hybridized carbons (Fsp3) is 0.636. The molecule has 1 unspecified atom stereocenters. The van der Waals surface area contributed by atoms with Crippen LogP contribution in [0.3, 0.4) is 0 Å². The zero-order chi connectivity index (χ0) is 10.6. The van der Waals surface area contributed by atoms with Crippen molar-refractivity contribution in [3.63, 3.8) is 0 Å². The Balaban J connectivity index is 2.09. The van der Waals surface area contributed by atoms with Crippen LogP contribution in [0.1, 0.15) is 6.42 Å². The first-order valence-electron chi connectivity index (χ1n) is 5.13. The number of esters is 2. The van der Waals surface area contributed by atoms with Gasteiger partial charge in [-0.25, -0.2) is 0 Å².